The Labute approximate surface area is 199 Å². The predicted octanol–water partition coefficient (Wildman–Crippen LogP) is 5.90. The molecule has 0 bridgehead atoms. The SMILES string of the molecule is C#CCOc1cc(Br)c(/C=C2/SC(=Nc3cccc4ccccc34)NC2=O)cc1OCC. The van der Waals surface area contributed by atoms with E-state index in [1.165, 1.54) is 11.8 Å². The van der Waals surface area contributed by atoms with E-state index < -0.39 is 0 Å². The average molecular weight is 507 g/mol. The molecule has 0 radical (unpaired) electrons. The zero-order chi connectivity index (χ0) is 22.5. The van der Waals surface area contributed by atoms with Crippen molar-refractivity contribution < 1.29 is 14.3 Å². The van der Waals surface area contributed by atoms with Crippen molar-refractivity contribution in [3.63, 3.8) is 0 Å². The highest BCUT2D eigenvalue weighted by atomic mass is 79.9. The Balaban J connectivity index is 1.64. The molecular weight excluding hydrogens is 488 g/mol. The van der Waals surface area contributed by atoms with Crippen molar-refractivity contribution in [1.29, 1.82) is 0 Å². The topological polar surface area (TPSA) is 59.9 Å². The Kier molecular flexibility index (Phi) is 6.84. The summed E-state index contributed by atoms with van der Waals surface area (Å²) in [4.78, 5) is 17.8. The first-order valence-corrected chi connectivity index (χ1v) is 11.5. The van der Waals surface area contributed by atoms with Gasteiger partial charge in [0.15, 0.2) is 16.7 Å². The number of ether oxygens (including phenoxy) is 2. The maximum atomic E-state index is 12.6. The molecule has 1 saturated heterocycles. The highest BCUT2D eigenvalue weighted by molar-refractivity contribution is 9.10. The molecule has 160 valence electrons. The Bertz CT molecular complexity index is 1290. The molecule has 4 rings (SSSR count). The zero-order valence-electron chi connectivity index (χ0n) is 17.2. The molecule has 1 aliphatic heterocycles. The minimum Gasteiger partial charge on any atom is -0.490 e. The fourth-order valence-electron chi connectivity index (χ4n) is 3.20. The van der Waals surface area contributed by atoms with E-state index in [9.17, 15) is 4.79 Å². The molecule has 32 heavy (non-hydrogen) atoms. The standard InChI is InChI=1S/C25H19BrN2O3S/c1-3-12-31-22-15-19(26)17(13-21(22)30-4-2)14-23-24(29)28-25(32-23)27-20-11-7-9-16-8-5-6-10-18(16)20/h1,5-11,13-15H,4,12H2,2H3,(H,27,28,29)/b23-14+. The molecule has 3 aromatic rings. The van der Waals surface area contributed by atoms with Crippen molar-refractivity contribution in [3.05, 3.63) is 69.5 Å². The monoisotopic (exact) mass is 506 g/mol. The first-order chi connectivity index (χ1) is 15.6. The normalized spacial score (nSPS) is 15.7. The van der Waals surface area contributed by atoms with Crippen LogP contribution < -0.4 is 14.8 Å². The number of carbonyl (C=O) groups is 1. The molecule has 0 aliphatic carbocycles. The highest BCUT2D eigenvalue weighted by Gasteiger charge is 2.24. The number of terminal acetylenes is 1. The van der Waals surface area contributed by atoms with Crippen molar-refractivity contribution in [2.24, 2.45) is 4.99 Å². The Hall–Kier alpha value is -3.21. The van der Waals surface area contributed by atoms with E-state index in [-0.39, 0.29) is 12.5 Å². The second kappa shape index (κ2) is 9.94. The largest absolute Gasteiger partial charge is 0.490 e. The molecule has 0 saturated carbocycles. The first kappa shape index (κ1) is 22.0. The number of thioether (sulfide) groups is 1. The number of amides is 1. The third kappa shape index (κ3) is 4.82. The average Bonchev–Trinajstić information content (AvgIpc) is 3.13. The Morgan fingerprint density at radius 2 is 1.94 bits per heavy atom. The number of halogens is 1. The number of carbonyl (C=O) groups excluding carboxylic acids is 1. The van der Waals surface area contributed by atoms with Gasteiger partial charge in [0.2, 0.25) is 0 Å². The van der Waals surface area contributed by atoms with E-state index in [0.29, 0.717) is 28.2 Å². The number of fused-ring (bicyclic) bond motifs is 1. The Morgan fingerprint density at radius 1 is 1.16 bits per heavy atom. The van der Waals surface area contributed by atoms with Crippen LogP contribution in [0, 0.1) is 12.3 Å². The maximum absolute atomic E-state index is 12.6. The zero-order valence-corrected chi connectivity index (χ0v) is 19.6. The minimum atomic E-state index is -0.202. The lowest BCUT2D eigenvalue weighted by atomic mass is 10.1. The molecule has 1 amide bonds. The molecule has 5 nitrogen and oxygen atoms in total. The summed E-state index contributed by atoms with van der Waals surface area (Å²) in [5, 5.41) is 5.51. The summed E-state index contributed by atoms with van der Waals surface area (Å²) < 4.78 is 12.0. The quantitative estimate of drug-likeness (QED) is 0.333. The van der Waals surface area contributed by atoms with Gasteiger partial charge in [-0.25, -0.2) is 4.99 Å². The van der Waals surface area contributed by atoms with E-state index in [0.717, 1.165) is 26.5 Å². The van der Waals surface area contributed by atoms with Crippen LogP contribution in [0.1, 0.15) is 12.5 Å². The molecule has 0 spiro atoms. The summed E-state index contributed by atoms with van der Waals surface area (Å²) in [5.41, 5.74) is 1.59. The minimum absolute atomic E-state index is 0.138. The summed E-state index contributed by atoms with van der Waals surface area (Å²) in [6, 6.07) is 17.6. The summed E-state index contributed by atoms with van der Waals surface area (Å²) in [6.45, 7) is 2.50. The number of amidine groups is 1. The number of nitrogens with one attached hydrogen (secondary N) is 1. The van der Waals surface area contributed by atoms with Crippen LogP contribution in [0.15, 0.2) is 69.0 Å². The van der Waals surface area contributed by atoms with Crippen LogP contribution in [0.25, 0.3) is 16.8 Å². The number of benzene rings is 3. The molecule has 1 fully saturated rings. The summed E-state index contributed by atoms with van der Waals surface area (Å²) in [6.07, 6.45) is 7.09. The first-order valence-electron chi connectivity index (χ1n) is 9.89. The number of rotatable bonds is 6. The van der Waals surface area contributed by atoms with Gasteiger partial charge in [-0.3, -0.25) is 4.79 Å². The molecule has 7 heteroatoms. The van der Waals surface area contributed by atoms with Crippen molar-refractivity contribution in [3.8, 4) is 23.8 Å². The number of nitrogens with zero attached hydrogens (tertiary/aromatic N) is 1. The van der Waals surface area contributed by atoms with E-state index >= 15 is 0 Å². The molecule has 1 aliphatic rings. The molecule has 0 atom stereocenters. The smallest absolute Gasteiger partial charge is 0.264 e. The fraction of sp³-hybridized carbons (Fsp3) is 0.120. The van der Waals surface area contributed by atoms with Crippen LogP contribution in [0.4, 0.5) is 5.69 Å². The van der Waals surface area contributed by atoms with Gasteiger partial charge >= 0.3 is 0 Å². The van der Waals surface area contributed by atoms with E-state index in [4.69, 9.17) is 15.9 Å². The lowest BCUT2D eigenvalue weighted by Crippen LogP contribution is -2.19. The lowest BCUT2D eigenvalue weighted by Gasteiger charge is -2.12. The van der Waals surface area contributed by atoms with Gasteiger partial charge in [-0.15, -0.1) is 6.42 Å². The molecule has 3 aromatic carbocycles. The molecular formula is C25H19BrN2O3S. The van der Waals surface area contributed by atoms with Gasteiger partial charge in [-0.05, 0) is 53.9 Å². The second-order valence-corrected chi connectivity index (χ2v) is 8.61. The lowest BCUT2D eigenvalue weighted by molar-refractivity contribution is -0.115. The predicted molar refractivity (Wildman–Crippen MR) is 134 cm³/mol. The Morgan fingerprint density at radius 3 is 2.75 bits per heavy atom. The van der Waals surface area contributed by atoms with E-state index in [1.54, 1.807) is 12.1 Å². The van der Waals surface area contributed by atoms with Crippen molar-refractivity contribution in [2.75, 3.05) is 13.2 Å². The highest BCUT2D eigenvalue weighted by Crippen LogP contribution is 2.37. The van der Waals surface area contributed by atoms with Crippen LogP contribution >= 0.6 is 27.7 Å². The van der Waals surface area contributed by atoms with Crippen molar-refractivity contribution >= 4 is 61.3 Å². The van der Waals surface area contributed by atoms with Crippen molar-refractivity contribution in [2.45, 2.75) is 6.92 Å². The van der Waals surface area contributed by atoms with Crippen LogP contribution in [0.2, 0.25) is 0 Å². The van der Waals surface area contributed by atoms with E-state index in [1.807, 2.05) is 55.5 Å². The van der Waals surface area contributed by atoms with Gasteiger partial charge in [0.05, 0.1) is 17.2 Å². The third-order valence-corrected chi connectivity index (χ3v) is 6.20. The van der Waals surface area contributed by atoms with Crippen LogP contribution in [-0.2, 0) is 4.79 Å². The third-order valence-electron chi connectivity index (χ3n) is 4.60. The maximum Gasteiger partial charge on any atom is 0.264 e. The van der Waals surface area contributed by atoms with Gasteiger partial charge in [0.1, 0.15) is 6.61 Å². The van der Waals surface area contributed by atoms with Crippen molar-refractivity contribution in [1.82, 2.24) is 5.32 Å². The van der Waals surface area contributed by atoms with Gasteiger partial charge in [0, 0.05) is 9.86 Å². The molecule has 0 unspecified atom stereocenters. The molecule has 1 heterocycles. The van der Waals surface area contributed by atoms with Gasteiger partial charge in [-0.1, -0.05) is 58.2 Å². The number of aliphatic imine (C=N–C) groups is 1. The second-order valence-electron chi connectivity index (χ2n) is 6.73. The fourth-order valence-corrected chi connectivity index (χ4v) is 4.46. The summed E-state index contributed by atoms with van der Waals surface area (Å²) in [7, 11) is 0. The molecule has 0 aromatic heterocycles. The number of hydrogen-bond donors (Lipinski definition) is 1. The molecule has 1 N–H and O–H groups in total. The summed E-state index contributed by atoms with van der Waals surface area (Å²) in [5.74, 6) is 3.35. The summed E-state index contributed by atoms with van der Waals surface area (Å²) >= 11 is 4.84. The van der Waals surface area contributed by atoms with Gasteiger partial charge < -0.3 is 14.8 Å². The van der Waals surface area contributed by atoms with E-state index in [2.05, 4.69) is 32.2 Å². The van der Waals surface area contributed by atoms with Gasteiger partial charge in [-0.2, -0.15) is 0 Å². The van der Waals surface area contributed by atoms with Crippen LogP contribution in [-0.4, -0.2) is 24.3 Å². The number of hydrogen-bond acceptors (Lipinski definition) is 5. The van der Waals surface area contributed by atoms with Crippen LogP contribution in [0.5, 0.6) is 11.5 Å². The van der Waals surface area contributed by atoms with Gasteiger partial charge in [0.25, 0.3) is 5.91 Å². The van der Waals surface area contributed by atoms with Crippen LogP contribution in [0.3, 0.4) is 0 Å².